The first-order valence-electron chi connectivity index (χ1n) is 12.4. The minimum Gasteiger partial charge on any atom is -0.465 e. The third-order valence-corrected chi connectivity index (χ3v) is 6.20. The van der Waals surface area contributed by atoms with E-state index in [0.29, 0.717) is 38.5 Å². The highest BCUT2D eigenvalue weighted by Gasteiger charge is 2.20. The Kier molecular flexibility index (Phi) is 8.86. The summed E-state index contributed by atoms with van der Waals surface area (Å²) in [5, 5.41) is 9.46. The van der Waals surface area contributed by atoms with Gasteiger partial charge < -0.3 is 14.8 Å². The molecule has 0 unspecified atom stereocenters. The van der Waals surface area contributed by atoms with Crippen molar-refractivity contribution >= 4 is 23.8 Å². The average Bonchev–Trinajstić information content (AvgIpc) is 2.88. The maximum Gasteiger partial charge on any atom is 0.320 e. The Hall–Kier alpha value is -3.23. The van der Waals surface area contributed by atoms with E-state index in [4.69, 9.17) is 9.47 Å². The quantitative estimate of drug-likeness (QED) is 0.338. The molecule has 0 radical (unpaired) electrons. The molecular formula is C27H34N4O4. The second-order valence-electron chi connectivity index (χ2n) is 8.90. The molecule has 0 spiro atoms. The maximum atomic E-state index is 12.8. The molecule has 1 saturated heterocycles. The summed E-state index contributed by atoms with van der Waals surface area (Å²) in [5.74, 6) is -0.307. The van der Waals surface area contributed by atoms with Crippen LogP contribution in [0.4, 0.5) is 5.69 Å². The predicted molar refractivity (Wildman–Crippen MR) is 136 cm³/mol. The van der Waals surface area contributed by atoms with E-state index in [1.165, 1.54) is 11.1 Å². The Balaban J connectivity index is 1.28. The summed E-state index contributed by atoms with van der Waals surface area (Å²) in [5.41, 5.74) is 4.70. The topological polar surface area (TPSA) is 83.5 Å². The number of morpholine rings is 1. The number of anilines is 1. The van der Waals surface area contributed by atoms with Crippen LogP contribution in [-0.2, 0) is 27.2 Å². The van der Waals surface area contributed by atoms with Crippen molar-refractivity contribution in [3.8, 4) is 0 Å². The fourth-order valence-electron chi connectivity index (χ4n) is 4.12. The fraction of sp³-hybridized carbons (Fsp3) is 0.444. The van der Waals surface area contributed by atoms with Crippen molar-refractivity contribution < 1.29 is 19.1 Å². The van der Waals surface area contributed by atoms with Gasteiger partial charge >= 0.3 is 5.97 Å². The van der Waals surface area contributed by atoms with Gasteiger partial charge in [0.25, 0.3) is 5.91 Å². The summed E-state index contributed by atoms with van der Waals surface area (Å²) in [7, 11) is 0. The van der Waals surface area contributed by atoms with Crippen LogP contribution in [0.3, 0.4) is 0 Å². The average molecular weight is 479 g/mol. The van der Waals surface area contributed by atoms with Gasteiger partial charge in [-0.15, -0.1) is 0 Å². The lowest BCUT2D eigenvalue weighted by Crippen LogP contribution is -2.35. The van der Waals surface area contributed by atoms with E-state index in [1.54, 1.807) is 0 Å². The van der Waals surface area contributed by atoms with Gasteiger partial charge in [-0.2, -0.15) is 5.10 Å². The Morgan fingerprint density at radius 1 is 1.09 bits per heavy atom. The molecule has 4 rings (SSSR count). The van der Waals surface area contributed by atoms with E-state index < -0.39 is 0 Å². The van der Waals surface area contributed by atoms with E-state index >= 15 is 0 Å². The molecule has 0 aromatic heterocycles. The van der Waals surface area contributed by atoms with Gasteiger partial charge in [-0.1, -0.05) is 31.5 Å². The molecule has 2 aromatic carbocycles. The third kappa shape index (κ3) is 7.37. The number of nitrogens with one attached hydrogen (secondary N) is 1. The summed E-state index contributed by atoms with van der Waals surface area (Å²) in [6.45, 7) is 7.37. The molecule has 2 aliphatic rings. The van der Waals surface area contributed by atoms with Crippen LogP contribution in [0.15, 0.2) is 47.6 Å². The predicted octanol–water partition coefficient (Wildman–Crippen LogP) is 3.31. The second-order valence-corrected chi connectivity index (χ2v) is 8.90. The van der Waals surface area contributed by atoms with Crippen molar-refractivity contribution in [2.24, 2.45) is 5.10 Å². The molecule has 186 valence electrons. The van der Waals surface area contributed by atoms with Gasteiger partial charge in [-0.05, 0) is 53.8 Å². The first kappa shape index (κ1) is 24.9. The van der Waals surface area contributed by atoms with E-state index in [2.05, 4.69) is 22.2 Å². The van der Waals surface area contributed by atoms with Gasteiger partial charge in [0.15, 0.2) is 0 Å². The Labute approximate surface area is 206 Å². The first-order valence-corrected chi connectivity index (χ1v) is 12.4. The smallest absolute Gasteiger partial charge is 0.320 e. The molecule has 0 atom stereocenters. The number of unbranched alkanes of at least 4 members (excludes halogenated alkanes) is 1. The van der Waals surface area contributed by atoms with Crippen LogP contribution in [0.25, 0.3) is 0 Å². The number of nitrogens with zero attached hydrogens (tertiary/aromatic N) is 3. The van der Waals surface area contributed by atoms with E-state index in [-0.39, 0.29) is 11.9 Å². The van der Waals surface area contributed by atoms with E-state index in [9.17, 15) is 9.59 Å². The van der Waals surface area contributed by atoms with E-state index in [0.717, 1.165) is 50.1 Å². The number of rotatable bonds is 9. The zero-order valence-electron chi connectivity index (χ0n) is 20.4. The molecule has 35 heavy (non-hydrogen) atoms. The summed E-state index contributed by atoms with van der Waals surface area (Å²) < 4.78 is 10.6. The lowest BCUT2D eigenvalue weighted by Gasteiger charge is -2.28. The number of ether oxygens (including phenoxy) is 2. The van der Waals surface area contributed by atoms with Crippen molar-refractivity contribution in [1.29, 1.82) is 0 Å². The molecule has 8 nitrogen and oxygen atoms in total. The van der Waals surface area contributed by atoms with Crippen LogP contribution in [0, 0.1) is 0 Å². The van der Waals surface area contributed by atoms with Crippen molar-refractivity contribution in [2.45, 2.75) is 32.7 Å². The molecule has 2 aromatic rings. The third-order valence-electron chi connectivity index (χ3n) is 6.20. The number of carbonyl (C=O) groups is 2. The highest BCUT2D eigenvalue weighted by molar-refractivity contribution is 6.04. The summed E-state index contributed by atoms with van der Waals surface area (Å²) in [4.78, 5) is 26.9. The molecule has 1 amide bonds. The lowest BCUT2D eigenvalue weighted by atomic mass is 9.99. The van der Waals surface area contributed by atoms with Crippen molar-refractivity contribution in [3.63, 3.8) is 0 Å². The Morgan fingerprint density at radius 3 is 2.66 bits per heavy atom. The van der Waals surface area contributed by atoms with Crippen LogP contribution >= 0.6 is 0 Å². The van der Waals surface area contributed by atoms with Crippen molar-refractivity contribution in [3.05, 3.63) is 64.7 Å². The lowest BCUT2D eigenvalue weighted by molar-refractivity contribution is -0.145. The standard InChI is InChI=1S/C27H34N4O4/c1-2-3-14-35-26(32)20-30-11-10-23-17-25(9-8-24(23)19-30)29-27(33)22-6-4-21(5-7-22)18-28-31-12-15-34-16-13-31/h4-9,17-18H,2-3,10-16,19-20H2,1H3,(H,29,33). The first-order chi connectivity index (χ1) is 17.1. The Bertz CT molecular complexity index is 1030. The molecule has 0 bridgehead atoms. The zero-order valence-corrected chi connectivity index (χ0v) is 20.4. The summed E-state index contributed by atoms with van der Waals surface area (Å²) in [6.07, 6.45) is 4.55. The fourth-order valence-corrected chi connectivity index (χ4v) is 4.12. The Morgan fingerprint density at radius 2 is 1.89 bits per heavy atom. The monoisotopic (exact) mass is 478 g/mol. The maximum absolute atomic E-state index is 12.8. The summed E-state index contributed by atoms with van der Waals surface area (Å²) >= 11 is 0. The normalized spacial score (nSPS) is 16.2. The van der Waals surface area contributed by atoms with Gasteiger partial charge in [-0.25, -0.2) is 0 Å². The molecule has 2 aliphatic heterocycles. The van der Waals surface area contributed by atoms with Crippen LogP contribution in [-0.4, -0.2) is 74.0 Å². The molecule has 2 heterocycles. The van der Waals surface area contributed by atoms with Crippen LogP contribution in [0.5, 0.6) is 0 Å². The molecule has 1 N–H and O–H groups in total. The van der Waals surface area contributed by atoms with Gasteiger partial charge in [0.1, 0.15) is 0 Å². The van der Waals surface area contributed by atoms with Crippen LogP contribution in [0.2, 0.25) is 0 Å². The molecule has 1 fully saturated rings. The minimum atomic E-state index is -0.163. The molecular weight excluding hydrogens is 444 g/mol. The van der Waals surface area contributed by atoms with Crippen molar-refractivity contribution in [1.82, 2.24) is 9.91 Å². The van der Waals surface area contributed by atoms with Crippen molar-refractivity contribution in [2.75, 3.05) is 51.3 Å². The highest BCUT2D eigenvalue weighted by Crippen LogP contribution is 2.23. The largest absolute Gasteiger partial charge is 0.465 e. The van der Waals surface area contributed by atoms with Crippen LogP contribution < -0.4 is 5.32 Å². The summed E-state index contributed by atoms with van der Waals surface area (Å²) in [6, 6.07) is 13.4. The van der Waals surface area contributed by atoms with Gasteiger partial charge in [-0.3, -0.25) is 19.5 Å². The van der Waals surface area contributed by atoms with Gasteiger partial charge in [0.05, 0.1) is 45.7 Å². The number of carbonyl (C=O) groups excluding carboxylic acids is 2. The number of hydrogen-bond acceptors (Lipinski definition) is 7. The SMILES string of the molecule is CCCCOC(=O)CN1CCc2cc(NC(=O)c3ccc(C=NN4CCOCC4)cc3)ccc2C1. The van der Waals surface area contributed by atoms with E-state index in [1.807, 2.05) is 53.7 Å². The molecule has 8 heteroatoms. The number of hydrazone groups is 1. The number of benzene rings is 2. The minimum absolute atomic E-state index is 0.145. The van der Waals surface area contributed by atoms with Gasteiger partial charge in [0, 0.05) is 24.3 Å². The molecule has 0 saturated carbocycles. The number of hydrogen-bond donors (Lipinski definition) is 1. The number of esters is 1. The van der Waals surface area contributed by atoms with Crippen LogP contribution in [0.1, 0.15) is 46.8 Å². The molecule has 0 aliphatic carbocycles. The second kappa shape index (κ2) is 12.5. The van der Waals surface area contributed by atoms with Gasteiger partial charge in [0.2, 0.25) is 0 Å². The zero-order chi connectivity index (χ0) is 24.5. The number of amides is 1. The number of fused-ring (bicyclic) bond motifs is 1. The highest BCUT2D eigenvalue weighted by atomic mass is 16.5.